The van der Waals surface area contributed by atoms with Crippen molar-refractivity contribution < 1.29 is 21.9 Å². The van der Waals surface area contributed by atoms with E-state index in [9.17, 15) is 12.8 Å². The highest BCUT2D eigenvalue weighted by atomic mass is 32.2. The highest BCUT2D eigenvalue weighted by molar-refractivity contribution is 7.92. The summed E-state index contributed by atoms with van der Waals surface area (Å²) in [5, 5.41) is 0. The number of halogens is 2. The van der Waals surface area contributed by atoms with Crippen molar-refractivity contribution in [1.29, 1.82) is 0 Å². The first-order valence-corrected chi connectivity index (χ1v) is 11.2. The largest absolute Gasteiger partial charge is 0.490 e. The Labute approximate surface area is 164 Å². The van der Waals surface area contributed by atoms with E-state index in [2.05, 4.69) is 6.92 Å². The zero-order chi connectivity index (χ0) is 20.1. The van der Waals surface area contributed by atoms with Crippen LogP contribution < -0.4 is 4.74 Å². The van der Waals surface area contributed by atoms with Crippen LogP contribution in [0.1, 0.15) is 43.7 Å². The maximum atomic E-state index is 15.0. The average Bonchev–Trinajstić information content (AvgIpc) is 2.69. The normalized spacial score (nSPS) is 26.9. The van der Waals surface area contributed by atoms with Gasteiger partial charge in [0.1, 0.15) is 10.6 Å². The van der Waals surface area contributed by atoms with Crippen LogP contribution in [-0.4, -0.2) is 15.0 Å². The van der Waals surface area contributed by atoms with Gasteiger partial charge < -0.3 is 4.74 Å². The van der Waals surface area contributed by atoms with Gasteiger partial charge in [0.2, 0.25) is 0 Å². The summed E-state index contributed by atoms with van der Waals surface area (Å²) in [5.74, 6) is -1.74. The van der Waals surface area contributed by atoms with E-state index in [1.807, 2.05) is 6.92 Å². The molecule has 1 aliphatic heterocycles. The molecular weight excluding hydrogens is 382 g/mol. The molecule has 1 aliphatic carbocycles. The minimum absolute atomic E-state index is 0.0783. The minimum Gasteiger partial charge on any atom is -0.490 e. The Hall–Kier alpha value is -1.95. The summed E-state index contributed by atoms with van der Waals surface area (Å²) >= 11 is 0. The molecule has 1 fully saturated rings. The van der Waals surface area contributed by atoms with Crippen molar-refractivity contribution in [3.05, 3.63) is 59.2 Å². The molecule has 0 saturated heterocycles. The molecule has 0 radical (unpaired) electrons. The SMILES string of the molecule is CC[C@@H]1CC[C@@]2(S(=O)(=O)c3ccc(C)cc3)c3c(F)ccc(F)c3OC[C@H]2C1. The molecule has 0 amide bonds. The van der Waals surface area contributed by atoms with Crippen molar-refractivity contribution in [2.45, 2.75) is 49.2 Å². The van der Waals surface area contributed by atoms with Gasteiger partial charge in [-0.1, -0.05) is 31.0 Å². The maximum Gasteiger partial charge on any atom is 0.188 e. The van der Waals surface area contributed by atoms with Gasteiger partial charge in [-0.15, -0.1) is 0 Å². The molecule has 0 aromatic heterocycles. The molecule has 28 heavy (non-hydrogen) atoms. The van der Waals surface area contributed by atoms with Crippen LogP contribution in [0.3, 0.4) is 0 Å². The number of hydrogen-bond donors (Lipinski definition) is 0. The number of hydrogen-bond acceptors (Lipinski definition) is 3. The quantitative estimate of drug-likeness (QED) is 0.707. The van der Waals surface area contributed by atoms with Crippen LogP contribution in [0.2, 0.25) is 0 Å². The molecule has 0 N–H and O–H groups in total. The summed E-state index contributed by atoms with van der Waals surface area (Å²) in [6.07, 6.45) is 2.48. The van der Waals surface area contributed by atoms with Crippen LogP contribution in [0.15, 0.2) is 41.3 Å². The van der Waals surface area contributed by atoms with Gasteiger partial charge in [0.25, 0.3) is 0 Å². The summed E-state index contributed by atoms with van der Waals surface area (Å²) in [5.41, 5.74) is 0.811. The standard InChI is InChI=1S/C22H24F2O3S/c1-3-15-10-11-22(28(25,26)17-6-4-14(2)5-7-17)16(12-15)13-27-21-19(24)9-8-18(23)20(21)22/h4-9,15-16H,3,10-13H2,1-2H3/t15-,16-,22+/m1/s1. The second-order valence-corrected chi connectivity index (χ2v) is 10.2. The summed E-state index contributed by atoms with van der Waals surface area (Å²) in [6.45, 7) is 4.03. The van der Waals surface area contributed by atoms with Crippen LogP contribution in [0.5, 0.6) is 5.75 Å². The van der Waals surface area contributed by atoms with Gasteiger partial charge in [-0.25, -0.2) is 17.2 Å². The van der Waals surface area contributed by atoms with Crippen LogP contribution >= 0.6 is 0 Å². The van der Waals surface area contributed by atoms with Gasteiger partial charge >= 0.3 is 0 Å². The van der Waals surface area contributed by atoms with E-state index < -0.39 is 32.1 Å². The average molecular weight is 406 g/mol. The zero-order valence-corrected chi connectivity index (χ0v) is 16.9. The van der Waals surface area contributed by atoms with E-state index >= 15 is 4.39 Å². The second-order valence-electron chi connectivity index (χ2n) is 8.00. The third kappa shape index (κ3) is 2.68. The molecular formula is C22H24F2O3S. The van der Waals surface area contributed by atoms with Gasteiger partial charge in [0.15, 0.2) is 21.4 Å². The molecule has 2 aliphatic rings. The zero-order valence-electron chi connectivity index (χ0n) is 16.0. The summed E-state index contributed by atoms with van der Waals surface area (Å²) in [6, 6.07) is 8.61. The van der Waals surface area contributed by atoms with Crippen molar-refractivity contribution in [3.8, 4) is 5.75 Å². The summed E-state index contributed by atoms with van der Waals surface area (Å²) in [7, 11) is -3.97. The lowest BCUT2D eigenvalue weighted by atomic mass is 9.68. The molecule has 1 saturated carbocycles. The molecule has 0 unspecified atom stereocenters. The van der Waals surface area contributed by atoms with E-state index in [0.717, 1.165) is 24.1 Å². The molecule has 150 valence electrons. The van der Waals surface area contributed by atoms with Gasteiger partial charge in [0, 0.05) is 5.92 Å². The number of ether oxygens (including phenoxy) is 1. The van der Waals surface area contributed by atoms with Crippen LogP contribution in [0.4, 0.5) is 8.78 Å². The van der Waals surface area contributed by atoms with Gasteiger partial charge in [0.05, 0.1) is 17.1 Å². The van der Waals surface area contributed by atoms with Crippen LogP contribution in [-0.2, 0) is 14.6 Å². The molecule has 6 heteroatoms. The molecule has 3 atom stereocenters. The maximum absolute atomic E-state index is 15.0. The minimum atomic E-state index is -3.97. The lowest BCUT2D eigenvalue weighted by Crippen LogP contribution is -2.52. The Morgan fingerprint density at radius 3 is 2.46 bits per heavy atom. The molecule has 4 rings (SSSR count). The van der Waals surface area contributed by atoms with Crippen LogP contribution in [0, 0.1) is 30.4 Å². The third-order valence-corrected chi connectivity index (χ3v) is 9.09. The summed E-state index contributed by atoms with van der Waals surface area (Å²) in [4.78, 5) is 0.148. The number of benzene rings is 2. The molecule has 2 aromatic carbocycles. The first kappa shape index (κ1) is 19.4. The molecule has 0 bridgehead atoms. The van der Waals surface area contributed by atoms with Crippen molar-refractivity contribution in [2.24, 2.45) is 11.8 Å². The van der Waals surface area contributed by atoms with Crippen molar-refractivity contribution in [1.82, 2.24) is 0 Å². The Balaban J connectivity index is 1.99. The smallest absolute Gasteiger partial charge is 0.188 e. The predicted molar refractivity (Wildman–Crippen MR) is 103 cm³/mol. The number of fused-ring (bicyclic) bond motifs is 3. The monoisotopic (exact) mass is 406 g/mol. The Bertz CT molecular complexity index is 1000. The van der Waals surface area contributed by atoms with Crippen molar-refractivity contribution in [3.63, 3.8) is 0 Å². The number of sulfone groups is 1. The highest BCUT2D eigenvalue weighted by Crippen LogP contribution is 2.57. The van der Waals surface area contributed by atoms with Crippen LogP contribution in [0.25, 0.3) is 0 Å². The fourth-order valence-electron chi connectivity index (χ4n) is 4.90. The molecule has 0 spiro atoms. The van der Waals surface area contributed by atoms with Crippen molar-refractivity contribution in [2.75, 3.05) is 6.61 Å². The highest BCUT2D eigenvalue weighted by Gasteiger charge is 2.59. The molecule has 2 aromatic rings. The molecule has 1 heterocycles. The van der Waals surface area contributed by atoms with E-state index in [4.69, 9.17) is 4.74 Å². The van der Waals surface area contributed by atoms with Gasteiger partial charge in [-0.2, -0.15) is 0 Å². The van der Waals surface area contributed by atoms with Crippen molar-refractivity contribution >= 4 is 9.84 Å². The van der Waals surface area contributed by atoms with Gasteiger partial charge in [-0.05, 0) is 56.4 Å². The Morgan fingerprint density at radius 1 is 1.11 bits per heavy atom. The number of rotatable bonds is 3. The Morgan fingerprint density at radius 2 is 1.79 bits per heavy atom. The van der Waals surface area contributed by atoms with E-state index in [0.29, 0.717) is 18.8 Å². The fourth-order valence-corrected chi connectivity index (χ4v) is 7.27. The first-order valence-electron chi connectivity index (χ1n) is 9.73. The fraction of sp³-hybridized carbons (Fsp3) is 0.455. The van der Waals surface area contributed by atoms with E-state index in [1.165, 1.54) is 0 Å². The summed E-state index contributed by atoms with van der Waals surface area (Å²) < 4.78 is 61.5. The Kier molecular flexibility index (Phi) is 4.73. The lowest BCUT2D eigenvalue weighted by molar-refractivity contribution is 0.0969. The number of aryl methyl sites for hydroxylation is 1. The van der Waals surface area contributed by atoms with E-state index in [1.54, 1.807) is 24.3 Å². The van der Waals surface area contributed by atoms with Gasteiger partial charge in [-0.3, -0.25) is 0 Å². The lowest BCUT2D eigenvalue weighted by Gasteiger charge is -2.49. The first-order chi connectivity index (χ1) is 13.3. The molecule has 3 nitrogen and oxygen atoms in total. The van der Waals surface area contributed by atoms with E-state index in [-0.39, 0.29) is 29.2 Å². The second kappa shape index (κ2) is 6.83. The predicted octanol–water partition coefficient (Wildman–Crippen LogP) is 5.16. The third-order valence-electron chi connectivity index (χ3n) is 6.50. The topological polar surface area (TPSA) is 43.4 Å².